The van der Waals surface area contributed by atoms with Gasteiger partial charge in [0.25, 0.3) is 5.91 Å². The Kier molecular flexibility index (Phi) is 6.01. The van der Waals surface area contributed by atoms with Crippen molar-refractivity contribution in [3.63, 3.8) is 0 Å². The largest absolute Gasteiger partial charge is 0.417 e. The SMILES string of the molecule is CC(O)(CS(=O)(=O)c1cccc(F)c1)C(=O)Nc1ccc(C#N)c(C(F)(F)F)c1. The van der Waals surface area contributed by atoms with Crippen LogP contribution in [0.15, 0.2) is 47.4 Å². The summed E-state index contributed by atoms with van der Waals surface area (Å²) in [6.07, 6.45) is -4.87. The van der Waals surface area contributed by atoms with Gasteiger partial charge in [0.2, 0.25) is 0 Å². The number of aliphatic hydroxyl groups is 1. The Balaban J connectivity index is 2.27. The maximum atomic E-state index is 13.3. The minimum absolute atomic E-state index is 0.398. The maximum absolute atomic E-state index is 13.3. The van der Waals surface area contributed by atoms with Gasteiger partial charge in [-0.05, 0) is 43.3 Å². The molecule has 2 N–H and O–H groups in total. The van der Waals surface area contributed by atoms with Gasteiger partial charge in [0.05, 0.1) is 27.8 Å². The molecule has 0 aliphatic heterocycles. The molecule has 11 heteroatoms. The zero-order valence-electron chi connectivity index (χ0n) is 14.8. The van der Waals surface area contributed by atoms with E-state index in [0.29, 0.717) is 12.1 Å². The molecule has 0 fully saturated rings. The van der Waals surface area contributed by atoms with Crippen LogP contribution in [0.25, 0.3) is 0 Å². The highest BCUT2D eigenvalue weighted by Gasteiger charge is 2.38. The van der Waals surface area contributed by atoms with Crippen LogP contribution < -0.4 is 5.32 Å². The average Bonchev–Trinajstić information content (AvgIpc) is 2.60. The number of halogens is 4. The van der Waals surface area contributed by atoms with Gasteiger partial charge in [-0.1, -0.05) is 6.07 Å². The standard InChI is InChI=1S/C18H14F4N2O4S/c1-17(26,10-29(27,28)14-4-2-3-12(19)7-14)16(25)24-13-6-5-11(9-23)15(8-13)18(20,21)22/h2-8,26H,10H2,1H3,(H,24,25). The highest BCUT2D eigenvalue weighted by Crippen LogP contribution is 2.33. The van der Waals surface area contributed by atoms with Crippen LogP contribution in [0.2, 0.25) is 0 Å². The molecule has 0 spiro atoms. The normalized spacial score (nSPS) is 14.0. The zero-order chi connectivity index (χ0) is 22.0. The lowest BCUT2D eigenvalue weighted by molar-refractivity contribution is -0.137. The average molecular weight is 430 g/mol. The van der Waals surface area contributed by atoms with Crippen molar-refractivity contribution < 1.29 is 35.9 Å². The molecule has 2 aromatic carbocycles. The Morgan fingerprint density at radius 3 is 2.41 bits per heavy atom. The topological polar surface area (TPSA) is 107 Å². The van der Waals surface area contributed by atoms with E-state index in [9.17, 15) is 35.9 Å². The highest BCUT2D eigenvalue weighted by molar-refractivity contribution is 7.91. The molecule has 6 nitrogen and oxygen atoms in total. The van der Waals surface area contributed by atoms with Crippen molar-refractivity contribution in [3.05, 3.63) is 59.4 Å². The molecule has 0 aromatic heterocycles. The number of hydrogen-bond acceptors (Lipinski definition) is 5. The van der Waals surface area contributed by atoms with Crippen molar-refractivity contribution in [1.82, 2.24) is 0 Å². The van der Waals surface area contributed by atoms with Crippen LogP contribution in [0.3, 0.4) is 0 Å². The molecule has 0 saturated heterocycles. The Labute approximate surface area is 163 Å². The van der Waals surface area contributed by atoms with Gasteiger partial charge in [0.1, 0.15) is 5.82 Å². The molecule has 1 atom stereocenters. The first-order valence-corrected chi connectivity index (χ1v) is 9.55. The minimum atomic E-state index is -4.87. The number of nitrogens with one attached hydrogen (secondary N) is 1. The molecule has 0 saturated carbocycles. The third-order valence-electron chi connectivity index (χ3n) is 3.82. The second-order valence-corrected chi connectivity index (χ2v) is 8.30. The van der Waals surface area contributed by atoms with Gasteiger partial charge >= 0.3 is 6.18 Å². The van der Waals surface area contributed by atoms with E-state index in [0.717, 1.165) is 37.3 Å². The van der Waals surface area contributed by atoms with E-state index in [1.807, 2.05) is 5.32 Å². The first kappa shape index (κ1) is 22.3. The first-order valence-electron chi connectivity index (χ1n) is 7.90. The molecular weight excluding hydrogens is 416 g/mol. The summed E-state index contributed by atoms with van der Waals surface area (Å²) in [5.41, 5.74) is -4.91. The van der Waals surface area contributed by atoms with E-state index in [-0.39, 0.29) is 0 Å². The molecular formula is C18H14F4N2O4S. The van der Waals surface area contributed by atoms with E-state index in [1.165, 1.54) is 6.07 Å². The van der Waals surface area contributed by atoms with Gasteiger partial charge < -0.3 is 10.4 Å². The van der Waals surface area contributed by atoms with Crippen LogP contribution in [0.5, 0.6) is 0 Å². The third kappa shape index (κ3) is 5.30. The number of nitriles is 1. The molecule has 0 heterocycles. The van der Waals surface area contributed by atoms with Crippen molar-refractivity contribution in [3.8, 4) is 6.07 Å². The lowest BCUT2D eigenvalue weighted by Crippen LogP contribution is -2.45. The summed E-state index contributed by atoms with van der Waals surface area (Å²) in [7, 11) is -4.29. The van der Waals surface area contributed by atoms with E-state index in [1.54, 1.807) is 0 Å². The highest BCUT2D eigenvalue weighted by atomic mass is 32.2. The smallest absolute Gasteiger partial charge is 0.379 e. The molecule has 0 radical (unpaired) electrons. The predicted molar refractivity (Wildman–Crippen MR) is 93.9 cm³/mol. The molecule has 0 bridgehead atoms. The van der Waals surface area contributed by atoms with Crippen molar-refractivity contribution in [2.45, 2.75) is 23.6 Å². The second-order valence-electron chi connectivity index (χ2n) is 6.31. The number of anilines is 1. The van der Waals surface area contributed by atoms with Crippen molar-refractivity contribution in [2.75, 3.05) is 11.1 Å². The van der Waals surface area contributed by atoms with Crippen molar-refractivity contribution in [1.29, 1.82) is 5.26 Å². The van der Waals surface area contributed by atoms with E-state index >= 15 is 0 Å². The summed E-state index contributed by atoms with van der Waals surface area (Å²) in [5, 5.41) is 21.0. The number of alkyl halides is 3. The molecule has 2 rings (SSSR count). The zero-order valence-corrected chi connectivity index (χ0v) is 15.6. The van der Waals surface area contributed by atoms with Gasteiger partial charge in [-0.15, -0.1) is 0 Å². The summed E-state index contributed by atoms with van der Waals surface area (Å²) in [6.45, 7) is 0.855. The summed E-state index contributed by atoms with van der Waals surface area (Å²) < 4.78 is 76.9. The lowest BCUT2D eigenvalue weighted by atomic mass is 10.1. The van der Waals surface area contributed by atoms with E-state index < -0.39 is 60.8 Å². The fourth-order valence-corrected chi connectivity index (χ4v) is 4.01. The van der Waals surface area contributed by atoms with Gasteiger partial charge in [-0.3, -0.25) is 4.79 Å². The van der Waals surface area contributed by atoms with Crippen molar-refractivity contribution >= 4 is 21.4 Å². The fourth-order valence-electron chi connectivity index (χ4n) is 2.40. The number of hydrogen-bond donors (Lipinski definition) is 2. The van der Waals surface area contributed by atoms with Crippen LogP contribution >= 0.6 is 0 Å². The van der Waals surface area contributed by atoms with Gasteiger partial charge in [-0.25, -0.2) is 12.8 Å². The molecule has 0 aliphatic rings. The fraction of sp³-hybridized carbons (Fsp3) is 0.222. The van der Waals surface area contributed by atoms with Crippen LogP contribution in [0.1, 0.15) is 18.1 Å². The number of rotatable bonds is 5. The minimum Gasteiger partial charge on any atom is -0.379 e. The van der Waals surface area contributed by atoms with Crippen LogP contribution in [-0.4, -0.2) is 30.8 Å². The van der Waals surface area contributed by atoms with Crippen LogP contribution in [-0.2, 0) is 20.8 Å². The van der Waals surface area contributed by atoms with Gasteiger partial charge in [0.15, 0.2) is 15.4 Å². The Morgan fingerprint density at radius 2 is 1.86 bits per heavy atom. The quantitative estimate of drug-likeness (QED) is 0.710. The third-order valence-corrected chi connectivity index (χ3v) is 5.73. The number of nitrogens with zero attached hydrogens (tertiary/aromatic N) is 1. The van der Waals surface area contributed by atoms with Gasteiger partial charge in [0, 0.05) is 5.69 Å². The second kappa shape index (κ2) is 7.81. The predicted octanol–water partition coefficient (Wildman–Crippen LogP) is 2.88. The Morgan fingerprint density at radius 1 is 1.21 bits per heavy atom. The molecule has 1 amide bonds. The van der Waals surface area contributed by atoms with E-state index in [2.05, 4.69) is 0 Å². The molecule has 29 heavy (non-hydrogen) atoms. The number of carbonyl (C=O) groups is 1. The molecule has 1 unspecified atom stereocenters. The monoisotopic (exact) mass is 430 g/mol. The molecule has 154 valence electrons. The molecule has 0 aliphatic carbocycles. The summed E-state index contributed by atoms with van der Waals surface area (Å²) in [4.78, 5) is 11.8. The Hall–Kier alpha value is -2.97. The summed E-state index contributed by atoms with van der Waals surface area (Å²) in [5.74, 6) is -3.28. The summed E-state index contributed by atoms with van der Waals surface area (Å²) in [6, 6.07) is 7.62. The first-order chi connectivity index (χ1) is 13.3. The number of carbonyl (C=O) groups excluding carboxylic acids is 1. The van der Waals surface area contributed by atoms with Crippen LogP contribution in [0, 0.1) is 17.1 Å². The van der Waals surface area contributed by atoms with Crippen LogP contribution in [0.4, 0.5) is 23.2 Å². The number of amides is 1. The van der Waals surface area contributed by atoms with Crippen molar-refractivity contribution in [2.24, 2.45) is 0 Å². The lowest BCUT2D eigenvalue weighted by Gasteiger charge is -2.22. The Bertz CT molecular complexity index is 1090. The maximum Gasteiger partial charge on any atom is 0.417 e. The molecule has 2 aromatic rings. The summed E-state index contributed by atoms with van der Waals surface area (Å²) >= 11 is 0. The van der Waals surface area contributed by atoms with Gasteiger partial charge in [-0.2, -0.15) is 18.4 Å². The van der Waals surface area contributed by atoms with E-state index in [4.69, 9.17) is 5.26 Å². The number of sulfone groups is 1. The number of benzene rings is 2.